The Bertz CT molecular complexity index is 552. The van der Waals surface area contributed by atoms with Gasteiger partial charge in [0.2, 0.25) is 5.91 Å². The third-order valence-corrected chi connectivity index (χ3v) is 4.62. The predicted molar refractivity (Wildman–Crippen MR) is 79.9 cm³/mol. The highest BCUT2D eigenvalue weighted by atomic mass is 32.1. The predicted octanol–water partition coefficient (Wildman–Crippen LogP) is 2.64. The summed E-state index contributed by atoms with van der Waals surface area (Å²) in [6.45, 7) is 8.74. The number of amides is 1. The van der Waals surface area contributed by atoms with E-state index in [1.165, 1.54) is 13.8 Å². The largest absolute Gasteiger partial charge is 0.464 e. The lowest BCUT2D eigenvalue weighted by molar-refractivity contribution is -0.150. The Morgan fingerprint density at radius 3 is 2.57 bits per heavy atom. The Morgan fingerprint density at radius 1 is 1.43 bits per heavy atom. The van der Waals surface area contributed by atoms with Gasteiger partial charge in [-0.05, 0) is 37.8 Å². The Morgan fingerprint density at radius 2 is 2.10 bits per heavy atom. The highest BCUT2D eigenvalue weighted by molar-refractivity contribution is 7.10. The van der Waals surface area contributed by atoms with Crippen molar-refractivity contribution < 1.29 is 19.1 Å². The van der Waals surface area contributed by atoms with E-state index in [0.29, 0.717) is 0 Å². The van der Waals surface area contributed by atoms with E-state index < -0.39 is 5.72 Å². The van der Waals surface area contributed by atoms with Crippen LogP contribution in [0.1, 0.15) is 44.2 Å². The minimum Gasteiger partial charge on any atom is -0.464 e. The lowest BCUT2D eigenvalue weighted by Crippen LogP contribution is -2.48. The van der Waals surface area contributed by atoms with Gasteiger partial charge in [-0.15, -0.1) is 11.3 Å². The standard InChI is InChI=1S/C15H21NO4S/c1-9-6-13(21-8-9)14-12(7-19-11(3)18)16(10(2)17)15(4,5)20-14/h6,8,12,14H,7H2,1-5H3/t12-,14-/m0/s1. The molecule has 0 aliphatic carbocycles. The second-order valence-electron chi connectivity index (χ2n) is 5.77. The maximum atomic E-state index is 12.0. The van der Waals surface area contributed by atoms with Crippen molar-refractivity contribution in [3.63, 3.8) is 0 Å². The highest BCUT2D eigenvalue weighted by Gasteiger charge is 2.50. The van der Waals surface area contributed by atoms with Crippen LogP contribution in [-0.4, -0.2) is 35.2 Å². The van der Waals surface area contributed by atoms with E-state index in [1.54, 1.807) is 16.2 Å². The van der Waals surface area contributed by atoms with Crippen LogP contribution in [0.5, 0.6) is 0 Å². The molecule has 0 radical (unpaired) electrons. The zero-order valence-corrected chi connectivity index (χ0v) is 13.8. The Balaban J connectivity index is 2.33. The lowest BCUT2D eigenvalue weighted by Gasteiger charge is -2.32. The molecule has 0 N–H and O–H groups in total. The van der Waals surface area contributed by atoms with Gasteiger partial charge < -0.3 is 14.4 Å². The topological polar surface area (TPSA) is 55.8 Å². The van der Waals surface area contributed by atoms with Crippen LogP contribution < -0.4 is 0 Å². The van der Waals surface area contributed by atoms with Gasteiger partial charge in [0.25, 0.3) is 0 Å². The van der Waals surface area contributed by atoms with Crippen LogP contribution in [-0.2, 0) is 19.1 Å². The van der Waals surface area contributed by atoms with Crippen molar-refractivity contribution in [3.05, 3.63) is 21.9 Å². The molecule has 5 nitrogen and oxygen atoms in total. The summed E-state index contributed by atoms with van der Waals surface area (Å²) in [7, 11) is 0. The molecular formula is C15H21NO4S. The first-order valence-corrected chi connectivity index (χ1v) is 7.76. The van der Waals surface area contributed by atoms with Crippen molar-refractivity contribution in [2.24, 2.45) is 0 Å². The smallest absolute Gasteiger partial charge is 0.302 e. The van der Waals surface area contributed by atoms with E-state index in [4.69, 9.17) is 9.47 Å². The van der Waals surface area contributed by atoms with E-state index in [1.807, 2.05) is 26.2 Å². The molecule has 0 saturated carbocycles. The van der Waals surface area contributed by atoms with Crippen molar-refractivity contribution in [1.82, 2.24) is 4.90 Å². The number of carbonyl (C=O) groups excluding carboxylic acids is 2. The van der Waals surface area contributed by atoms with Gasteiger partial charge in [0.05, 0.1) is 6.04 Å². The second-order valence-corrected chi connectivity index (χ2v) is 6.71. The van der Waals surface area contributed by atoms with Crippen molar-refractivity contribution in [1.29, 1.82) is 0 Å². The minimum absolute atomic E-state index is 0.0899. The fraction of sp³-hybridized carbons (Fsp3) is 0.600. The summed E-state index contributed by atoms with van der Waals surface area (Å²) in [4.78, 5) is 25.8. The van der Waals surface area contributed by atoms with Crippen LogP contribution in [0.4, 0.5) is 0 Å². The Kier molecular flexibility index (Phi) is 4.39. The molecule has 116 valence electrons. The van der Waals surface area contributed by atoms with Crippen LogP contribution in [0.25, 0.3) is 0 Å². The summed E-state index contributed by atoms with van der Waals surface area (Å²) in [6, 6.07) is 1.75. The number of nitrogens with zero attached hydrogens (tertiary/aromatic N) is 1. The first-order chi connectivity index (χ1) is 9.72. The maximum absolute atomic E-state index is 12.0. The minimum atomic E-state index is -0.723. The van der Waals surface area contributed by atoms with Crippen LogP contribution in [0.2, 0.25) is 0 Å². The van der Waals surface area contributed by atoms with Gasteiger partial charge in [0.15, 0.2) is 0 Å². The molecule has 6 heteroatoms. The summed E-state index contributed by atoms with van der Waals surface area (Å²) < 4.78 is 11.2. The molecule has 1 fully saturated rings. The summed E-state index contributed by atoms with van der Waals surface area (Å²) >= 11 is 1.60. The third-order valence-electron chi connectivity index (χ3n) is 3.50. The SMILES string of the molecule is CC(=O)OC[C@H]1[C@@H](c2cc(C)cs2)OC(C)(C)N1C(C)=O. The molecule has 0 bridgehead atoms. The molecule has 1 amide bonds. The molecule has 1 aromatic heterocycles. The van der Waals surface area contributed by atoms with E-state index in [0.717, 1.165) is 10.4 Å². The molecular weight excluding hydrogens is 290 g/mol. The second kappa shape index (κ2) is 5.77. The fourth-order valence-electron chi connectivity index (χ4n) is 2.81. The number of rotatable bonds is 3. The van der Waals surface area contributed by atoms with Crippen LogP contribution in [0.15, 0.2) is 11.4 Å². The molecule has 21 heavy (non-hydrogen) atoms. The number of esters is 1. The van der Waals surface area contributed by atoms with Crippen molar-refractivity contribution in [2.45, 2.75) is 52.5 Å². The van der Waals surface area contributed by atoms with Gasteiger partial charge in [0, 0.05) is 18.7 Å². The average molecular weight is 311 g/mol. The van der Waals surface area contributed by atoms with E-state index in [-0.39, 0.29) is 30.6 Å². The first-order valence-electron chi connectivity index (χ1n) is 6.88. The lowest BCUT2D eigenvalue weighted by atomic mass is 10.1. The van der Waals surface area contributed by atoms with Gasteiger partial charge >= 0.3 is 5.97 Å². The average Bonchev–Trinajstić information content (AvgIpc) is 2.87. The Labute approximate surface area is 128 Å². The summed E-state index contributed by atoms with van der Waals surface area (Å²) in [5.74, 6) is -0.447. The molecule has 0 spiro atoms. The van der Waals surface area contributed by atoms with Crippen LogP contribution >= 0.6 is 11.3 Å². The van der Waals surface area contributed by atoms with Crippen LogP contribution in [0.3, 0.4) is 0 Å². The van der Waals surface area contributed by atoms with Crippen molar-refractivity contribution in [2.75, 3.05) is 6.61 Å². The zero-order chi connectivity index (χ0) is 15.8. The molecule has 2 atom stereocenters. The quantitative estimate of drug-likeness (QED) is 0.805. The van der Waals surface area contributed by atoms with Gasteiger partial charge in [0.1, 0.15) is 18.4 Å². The molecule has 0 aromatic carbocycles. The highest BCUT2D eigenvalue weighted by Crippen LogP contribution is 2.42. The fourth-order valence-corrected chi connectivity index (χ4v) is 3.79. The van der Waals surface area contributed by atoms with E-state index >= 15 is 0 Å². The molecule has 2 heterocycles. The number of aryl methyl sites for hydroxylation is 1. The number of thiophene rings is 1. The van der Waals surface area contributed by atoms with Crippen molar-refractivity contribution >= 4 is 23.2 Å². The normalized spacial score (nSPS) is 24.1. The van der Waals surface area contributed by atoms with Crippen molar-refractivity contribution in [3.8, 4) is 0 Å². The zero-order valence-electron chi connectivity index (χ0n) is 13.0. The van der Waals surface area contributed by atoms with E-state index in [9.17, 15) is 9.59 Å². The monoisotopic (exact) mass is 311 g/mol. The number of carbonyl (C=O) groups is 2. The maximum Gasteiger partial charge on any atom is 0.302 e. The van der Waals surface area contributed by atoms with E-state index in [2.05, 4.69) is 6.07 Å². The molecule has 0 unspecified atom stereocenters. The molecule has 1 aliphatic rings. The number of hydrogen-bond acceptors (Lipinski definition) is 5. The van der Waals surface area contributed by atoms with Gasteiger partial charge in [-0.3, -0.25) is 9.59 Å². The summed E-state index contributed by atoms with van der Waals surface area (Å²) in [6.07, 6.45) is -0.276. The van der Waals surface area contributed by atoms with Gasteiger partial charge in [-0.25, -0.2) is 0 Å². The Hall–Kier alpha value is -1.40. The summed E-state index contributed by atoms with van der Waals surface area (Å²) in [5.41, 5.74) is 0.433. The summed E-state index contributed by atoms with van der Waals surface area (Å²) in [5, 5.41) is 2.05. The first kappa shape index (κ1) is 16.0. The molecule has 1 saturated heterocycles. The molecule has 2 rings (SSSR count). The third kappa shape index (κ3) is 3.27. The number of hydrogen-bond donors (Lipinski definition) is 0. The number of ether oxygens (including phenoxy) is 2. The molecule has 1 aliphatic heterocycles. The molecule has 1 aromatic rings. The van der Waals surface area contributed by atoms with Gasteiger partial charge in [-0.1, -0.05) is 0 Å². The van der Waals surface area contributed by atoms with Gasteiger partial charge in [-0.2, -0.15) is 0 Å². The van der Waals surface area contributed by atoms with Crippen LogP contribution in [0, 0.1) is 6.92 Å².